The third-order valence-electron chi connectivity index (χ3n) is 6.25. The molecule has 0 fully saturated rings. The van der Waals surface area contributed by atoms with Crippen molar-refractivity contribution in [1.29, 1.82) is 0 Å². The number of hydrogen-bond donors (Lipinski definition) is 0. The molecule has 0 amide bonds. The third kappa shape index (κ3) is 2.43. The van der Waals surface area contributed by atoms with Crippen LogP contribution in [0.3, 0.4) is 0 Å². The lowest BCUT2D eigenvalue weighted by atomic mass is 9.94. The summed E-state index contributed by atoms with van der Waals surface area (Å²) in [5, 5.41) is 5.38. The second-order valence-corrected chi connectivity index (χ2v) is 8.54. The number of hydrogen-bond acceptors (Lipinski definition) is 1. The third-order valence-corrected chi connectivity index (χ3v) is 6.25. The Bertz CT molecular complexity index is 1090. The second-order valence-electron chi connectivity index (χ2n) is 8.54. The van der Waals surface area contributed by atoms with E-state index < -0.39 is 0 Å². The largest absolute Gasteiger partial charge is 0.287 e. The van der Waals surface area contributed by atoms with Crippen LogP contribution >= 0.6 is 0 Å². The van der Waals surface area contributed by atoms with Crippen molar-refractivity contribution in [1.82, 2.24) is 4.90 Å². The fraction of sp³-hybridized carbons (Fsp3) is 0.259. The Morgan fingerprint density at radius 1 is 0.571 bits per heavy atom. The van der Waals surface area contributed by atoms with Crippen LogP contribution in [0.25, 0.3) is 32.7 Å². The van der Waals surface area contributed by atoms with Crippen molar-refractivity contribution in [3.05, 3.63) is 83.9 Å². The van der Waals surface area contributed by atoms with E-state index in [1.165, 1.54) is 43.8 Å². The van der Waals surface area contributed by atoms with E-state index in [1.54, 1.807) is 0 Å². The normalized spacial score (nSPS) is 13.8. The molecule has 140 valence electrons. The quantitative estimate of drug-likeness (QED) is 0.371. The average molecular weight is 366 g/mol. The predicted octanol–water partition coefficient (Wildman–Crippen LogP) is 7.18. The highest BCUT2D eigenvalue weighted by atomic mass is 15.2. The Hall–Kier alpha value is -2.64. The molecule has 1 nitrogen and oxygen atoms in total. The van der Waals surface area contributed by atoms with Gasteiger partial charge < -0.3 is 0 Å². The van der Waals surface area contributed by atoms with Crippen molar-refractivity contribution in [3.63, 3.8) is 0 Å². The molecule has 0 saturated heterocycles. The lowest BCUT2D eigenvalue weighted by Crippen LogP contribution is -2.40. The maximum Gasteiger partial charge on any atom is 0.0618 e. The maximum absolute atomic E-state index is 2.66. The smallest absolute Gasteiger partial charge is 0.0618 e. The highest BCUT2D eigenvalue weighted by Crippen LogP contribution is 2.52. The molecule has 4 aromatic carbocycles. The summed E-state index contributed by atoms with van der Waals surface area (Å²) in [7, 11) is 0. The molecule has 0 radical (unpaired) electrons. The van der Waals surface area contributed by atoms with E-state index in [-0.39, 0.29) is 0 Å². The van der Waals surface area contributed by atoms with E-state index in [2.05, 4.69) is 105 Å². The van der Waals surface area contributed by atoms with Gasteiger partial charge in [-0.3, -0.25) is 4.90 Å². The maximum atomic E-state index is 2.66. The molecular weight excluding hydrogens is 338 g/mol. The minimum absolute atomic E-state index is 0.305. The molecule has 1 heteroatoms. The summed E-state index contributed by atoms with van der Waals surface area (Å²) in [6.07, 6.45) is 0. The minimum atomic E-state index is 0.305. The van der Waals surface area contributed by atoms with E-state index in [0.29, 0.717) is 18.1 Å². The van der Waals surface area contributed by atoms with Gasteiger partial charge in [0, 0.05) is 12.1 Å². The van der Waals surface area contributed by atoms with Crippen LogP contribution in [0.4, 0.5) is 0 Å². The van der Waals surface area contributed by atoms with E-state index in [9.17, 15) is 0 Å². The van der Waals surface area contributed by atoms with Crippen LogP contribution < -0.4 is 0 Å². The summed E-state index contributed by atoms with van der Waals surface area (Å²) in [4.78, 5) is 2.66. The molecule has 4 aromatic rings. The molecule has 0 unspecified atom stereocenters. The van der Waals surface area contributed by atoms with E-state index in [0.717, 1.165) is 0 Å². The molecule has 0 bridgehead atoms. The van der Waals surface area contributed by atoms with Gasteiger partial charge in [0.2, 0.25) is 0 Å². The van der Waals surface area contributed by atoms with Crippen LogP contribution in [0.5, 0.6) is 0 Å². The molecule has 1 aliphatic rings. The predicted molar refractivity (Wildman–Crippen MR) is 121 cm³/mol. The van der Waals surface area contributed by atoms with Crippen LogP contribution in [0.2, 0.25) is 0 Å². The Balaban J connectivity index is 1.93. The first-order valence-corrected chi connectivity index (χ1v) is 10.4. The van der Waals surface area contributed by atoms with Crippen LogP contribution in [-0.4, -0.2) is 17.0 Å². The van der Waals surface area contributed by atoms with Gasteiger partial charge in [-0.05, 0) is 71.5 Å². The molecule has 0 heterocycles. The van der Waals surface area contributed by atoms with Gasteiger partial charge in [0.15, 0.2) is 0 Å². The van der Waals surface area contributed by atoms with Gasteiger partial charge in [-0.2, -0.15) is 0 Å². The summed E-state index contributed by atoms with van der Waals surface area (Å²) in [5.41, 5.74) is 5.77. The van der Waals surface area contributed by atoms with Crippen LogP contribution in [0.15, 0.2) is 72.8 Å². The van der Waals surface area contributed by atoms with Crippen molar-refractivity contribution < 1.29 is 0 Å². The number of nitrogens with zero attached hydrogens (tertiary/aromatic N) is 1. The van der Waals surface area contributed by atoms with E-state index in [4.69, 9.17) is 0 Å². The highest BCUT2D eigenvalue weighted by molar-refractivity contribution is 6.10. The summed E-state index contributed by atoms with van der Waals surface area (Å²) in [6.45, 7) is 9.28. The fourth-order valence-corrected chi connectivity index (χ4v) is 5.27. The Labute approximate surface area is 167 Å². The lowest BCUT2D eigenvalue weighted by molar-refractivity contribution is 0.137. The SMILES string of the molecule is CC(C)N(C(C)C)C1c2ccc3ccccc3c2-c2c1ccc1ccccc21. The van der Waals surface area contributed by atoms with Crippen molar-refractivity contribution >= 4 is 21.5 Å². The standard InChI is InChI=1S/C27H27N/c1-17(2)28(18(3)4)27-23-15-13-19-9-5-7-11-21(19)25(23)26-22-12-8-6-10-20(22)14-16-24(26)27/h5-18,27H,1-4H3. The fourth-order valence-electron chi connectivity index (χ4n) is 5.27. The molecular formula is C27H27N. The first-order chi connectivity index (χ1) is 13.6. The summed E-state index contributed by atoms with van der Waals surface area (Å²) < 4.78 is 0. The van der Waals surface area contributed by atoms with Crippen LogP contribution in [-0.2, 0) is 0 Å². The zero-order valence-corrected chi connectivity index (χ0v) is 17.1. The van der Waals surface area contributed by atoms with Gasteiger partial charge in [-0.15, -0.1) is 0 Å². The molecule has 0 spiro atoms. The molecule has 0 aliphatic heterocycles. The first-order valence-electron chi connectivity index (χ1n) is 10.4. The monoisotopic (exact) mass is 365 g/mol. The first kappa shape index (κ1) is 17.5. The molecule has 28 heavy (non-hydrogen) atoms. The van der Waals surface area contributed by atoms with Gasteiger partial charge in [0.25, 0.3) is 0 Å². The minimum Gasteiger partial charge on any atom is -0.287 e. The highest BCUT2D eigenvalue weighted by Gasteiger charge is 2.37. The number of rotatable bonds is 3. The molecule has 0 aromatic heterocycles. The summed E-state index contributed by atoms with van der Waals surface area (Å²) in [6, 6.07) is 28.3. The average Bonchev–Trinajstić information content (AvgIpc) is 3.03. The molecule has 0 atom stereocenters. The second kappa shape index (κ2) is 6.46. The van der Waals surface area contributed by atoms with Gasteiger partial charge in [0.05, 0.1) is 6.04 Å². The van der Waals surface area contributed by atoms with Gasteiger partial charge in [-0.1, -0.05) is 72.8 Å². The van der Waals surface area contributed by atoms with Crippen molar-refractivity contribution in [2.24, 2.45) is 0 Å². The molecule has 0 saturated carbocycles. The Morgan fingerprint density at radius 2 is 1.00 bits per heavy atom. The van der Waals surface area contributed by atoms with Crippen molar-refractivity contribution in [2.45, 2.75) is 45.8 Å². The summed E-state index contributed by atoms with van der Waals surface area (Å²) in [5.74, 6) is 0. The lowest BCUT2D eigenvalue weighted by Gasteiger charge is -2.37. The van der Waals surface area contributed by atoms with E-state index >= 15 is 0 Å². The van der Waals surface area contributed by atoms with Crippen molar-refractivity contribution in [2.75, 3.05) is 0 Å². The Morgan fingerprint density at radius 3 is 1.43 bits per heavy atom. The number of fused-ring (bicyclic) bond motifs is 7. The topological polar surface area (TPSA) is 3.24 Å². The Kier molecular flexibility index (Phi) is 4.03. The molecule has 5 rings (SSSR count). The van der Waals surface area contributed by atoms with Crippen LogP contribution in [0.1, 0.15) is 44.9 Å². The summed E-state index contributed by atoms with van der Waals surface area (Å²) >= 11 is 0. The van der Waals surface area contributed by atoms with Crippen molar-refractivity contribution in [3.8, 4) is 11.1 Å². The molecule has 0 N–H and O–H groups in total. The van der Waals surface area contributed by atoms with Gasteiger partial charge in [0.1, 0.15) is 0 Å². The van der Waals surface area contributed by atoms with E-state index in [1.807, 2.05) is 0 Å². The number of benzene rings is 4. The van der Waals surface area contributed by atoms with Gasteiger partial charge >= 0.3 is 0 Å². The van der Waals surface area contributed by atoms with Crippen LogP contribution in [0, 0.1) is 0 Å². The van der Waals surface area contributed by atoms with Gasteiger partial charge in [-0.25, -0.2) is 0 Å². The zero-order chi connectivity index (χ0) is 19.4. The zero-order valence-electron chi connectivity index (χ0n) is 17.1. The molecule has 1 aliphatic carbocycles.